The van der Waals surface area contributed by atoms with Crippen LogP contribution in [0.1, 0.15) is 15.9 Å². The molecule has 0 unspecified atom stereocenters. The first-order valence-corrected chi connectivity index (χ1v) is 8.38. The molecule has 0 bridgehead atoms. The van der Waals surface area contributed by atoms with Gasteiger partial charge in [-0.15, -0.1) is 0 Å². The lowest BCUT2D eigenvalue weighted by Gasteiger charge is -2.02. The van der Waals surface area contributed by atoms with Gasteiger partial charge >= 0.3 is 0 Å². The van der Waals surface area contributed by atoms with Gasteiger partial charge in [0.1, 0.15) is 5.75 Å². The van der Waals surface area contributed by atoms with E-state index in [0.717, 1.165) is 5.69 Å². The van der Waals surface area contributed by atoms with Crippen molar-refractivity contribution in [3.05, 3.63) is 88.9 Å². The van der Waals surface area contributed by atoms with Crippen molar-refractivity contribution in [2.45, 2.75) is 0 Å². The van der Waals surface area contributed by atoms with Gasteiger partial charge in [0.25, 0.3) is 5.91 Å². The molecule has 3 rings (SSSR count). The average Bonchev–Trinajstić information content (AvgIpc) is 2.69. The lowest BCUT2D eigenvalue weighted by atomic mass is 10.2. The first kappa shape index (κ1) is 18.3. The van der Waals surface area contributed by atoms with Gasteiger partial charge in [0.2, 0.25) is 0 Å². The van der Waals surface area contributed by atoms with E-state index in [0.29, 0.717) is 21.8 Å². The Hall–Kier alpha value is -3.51. The molecule has 0 fully saturated rings. The molecule has 0 radical (unpaired) electrons. The fraction of sp³-hybridized carbons (Fsp3) is 0. The smallest absolute Gasteiger partial charge is 0.271 e. The number of hydrazone groups is 1. The first-order valence-electron chi connectivity index (χ1n) is 8.00. The zero-order valence-electron chi connectivity index (χ0n) is 14.1. The van der Waals surface area contributed by atoms with E-state index in [9.17, 15) is 9.90 Å². The van der Waals surface area contributed by atoms with Crippen LogP contribution in [-0.2, 0) is 0 Å². The summed E-state index contributed by atoms with van der Waals surface area (Å²) in [6.07, 6.45) is 1.33. The van der Waals surface area contributed by atoms with Crippen molar-refractivity contribution in [2.75, 3.05) is 0 Å². The second-order valence-electron chi connectivity index (χ2n) is 5.49. The molecule has 1 amide bonds. The summed E-state index contributed by atoms with van der Waals surface area (Å²) in [6.45, 7) is 0. The maximum absolute atomic E-state index is 12.0. The first-order chi connectivity index (χ1) is 13.1. The molecule has 3 aromatic carbocycles. The van der Waals surface area contributed by atoms with Crippen LogP contribution >= 0.6 is 11.6 Å². The van der Waals surface area contributed by atoms with Gasteiger partial charge in [0, 0.05) is 16.1 Å². The Morgan fingerprint density at radius 3 is 2.48 bits per heavy atom. The highest BCUT2D eigenvalue weighted by Gasteiger charge is 2.05. The second-order valence-corrected chi connectivity index (χ2v) is 5.92. The van der Waals surface area contributed by atoms with E-state index < -0.39 is 5.91 Å². The molecule has 0 heterocycles. The van der Waals surface area contributed by atoms with Crippen LogP contribution in [0.3, 0.4) is 0 Å². The molecule has 2 N–H and O–H groups in total. The zero-order valence-corrected chi connectivity index (χ0v) is 14.8. The number of benzene rings is 3. The van der Waals surface area contributed by atoms with Crippen LogP contribution in [0.5, 0.6) is 5.75 Å². The van der Waals surface area contributed by atoms with Crippen LogP contribution in [0, 0.1) is 0 Å². The van der Waals surface area contributed by atoms with E-state index in [4.69, 9.17) is 11.6 Å². The third kappa shape index (κ3) is 5.23. The summed E-state index contributed by atoms with van der Waals surface area (Å²) in [4.78, 5) is 12.0. The van der Waals surface area contributed by atoms with Crippen molar-refractivity contribution in [2.24, 2.45) is 15.3 Å². The van der Waals surface area contributed by atoms with Crippen molar-refractivity contribution >= 4 is 35.1 Å². The van der Waals surface area contributed by atoms with Crippen molar-refractivity contribution < 1.29 is 9.90 Å². The van der Waals surface area contributed by atoms with Crippen LogP contribution in [0.4, 0.5) is 11.4 Å². The Morgan fingerprint density at radius 1 is 0.926 bits per heavy atom. The van der Waals surface area contributed by atoms with E-state index in [2.05, 4.69) is 20.8 Å². The van der Waals surface area contributed by atoms with Crippen molar-refractivity contribution in [3.8, 4) is 5.75 Å². The maximum atomic E-state index is 12.0. The van der Waals surface area contributed by atoms with E-state index >= 15 is 0 Å². The Bertz CT molecular complexity index is 1000. The molecule has 0 aliphatic rings. The molecule has 0 aliphatic heterocycles. The number of hydrogen-bond donors (Lipinski definition) is 2. The van der Waals surface area contributed by atoms with Gasteiger partial charge in [0.15, 0.2) is 0 Å². The molecule has 134 valence electrons. The van der Waals surface area contributed by atoms with Crippen molar-refractivity contribution in [3.63, 3.8) is 0 Å². The molecule has 27 heavy (non-hydrogen) atoms. The summed E-state index contributed by atoms with van der Waals surface area (Å²) < 4.78 is 0. The van der Waals surface area contributed by atoms with Gasteiger partial charge in [-0.25, -0.2) is 5.43 Å². The monoisotopic (exact) mass is 378 g/mol. The SMILES string of the molecule is O=C(N/N=C/c1cc(N=Nc2ccccc2)ccc1O)c1cccc(Cl)c1. The Kier molecular flexibility index (Phi) is 5.91. The van der Waals surface area contributed by atoms with Gasteiger partial charge < -0.3 is 5.11 Å². The summed E-state index contributed by atoms with van der Waals surface area (Å²) >= 11 is 5.86. The summed E-state index contributed by atoms with van der Waals surface area (Å²) in [5.41, 5.74) is 4.42. The summed E-state index contributed by atoms with van der Waals surface area (Å²) in [7, 11) is 0. The quantitative estimate of drug-likeness (QED) is 0.362. The van der Waals surface area contributed by atoms with Crippen LogP contribution in [0.15, 0.2) is 88.1 Å². The lowest BCUT2D eigenvalue weighted by molar-refractivity contribution is 0.0955. The minimum absolute atomic E-state index is 0.00872. The number of phenols is 1. The molecular weight excluding hydrogens is 364 g/mol. The predicted molar refractivity (Wildman–Crippen MR) is 105 cm³/mol. The predicted octanol–water partition coefficient (Wildman–Crippen LogP) is 5.22. The lowest BCUT2D eigenvalue weighted by Crippen LogP contribution is -2.17. The summed E-state index contributed by atoms with van der Waals surface area (Å²) in [5, 5.41) is 22.5. The molecule has 0 spiro atoms. The largest absolute Gasteiger partial charge is 0.507 e. The topological polar surface area (TPSA) is 86.4 Å². The number of nitrogens with one attached hydrogen (secondary N) is 1. The average molecular weight is 379 g/mol. The van der Waals surface area contributed by atoms with E-state index in [-0.39, 0.29) is 5.75 Å². The van der Waals surface area contributed by atoms with Gasteiger partial charge in [-0.05, 0) is 48.5 Å². The van der Waals surface area contributed by atoms with Gasteiger partial charge in [-0.1, -0.05) is 35.9 Å². The van der Waals surface area contributed by atoms with E-state index in [1.165, 1.54) is 18.3 Å². The molecule has 0 aliphatic carbocycles. The number of rotatable bonds is 5. The maximum Gasteiger partial charge on any atom is 0.271 e. The molecular formula is C20H15ClN4O2. The minimum Gasteiger partial charge on any atom is -0.507 e. The number of aromatic hydroxyl groups is 1. The fourth-order valence-electron chi connectivity index (χ4n) is 2.17. The van der Waals surface area contributed by atoms with Crippen LogP contribution in [0.2, 0.25) is 5.02 Å². The number of azo groups is 1. The van der Waals surface area contributed by atoms with Crippen molar-refractivity contribution in [1.82, 2.24) is 5.43 Å². The van der Waals surface area contributed by atoms with E-state index in [1.54, 1.807) is 30.3 Å². The molecule has 0 saturated carbocycles. The van der Waals surface area contributed by atoms with E-state index in [1.807, 2.05) is 30.3 Å². The van der Waals surface area contributed by atoms with Crippen LogP contribution in [-0.4, -0.2) is 17.2 Å². The number of phenolic OH excluding ortho intramolecular Hbond substituents is 1. The molecule has 6 nitrogen and oxygen atoms in total. The highest BCUT2D eigenvalue weighted by Crippen LogP contribution is 2.24. The Morgan fingerprint density at radius 2 is 1.70 bits per heavy atom. The number of carbonyl (C=O) groups is 1. The number of hydrogen-bond acceptors (Lipinski definition) is 5. The van der Waals surface area contributed by atoms with Gasteiger partial charge in [-0.3, -0.25) is 4.79 Å². The van der Waals surface area contributed by atoms with Crippen molar-refractivity contribution in [1.29, 1.82) is 0 Å². The second kappa shape index (κ2) is 8.73. The van der Waals surface area contributed by atoms with Gasteiger partial charge in [0.05, 0.1) is 17.6 Å². The Balaban J connectivity index is 1.70. The number of halogens is 1. The minimum atomic E-state index is -0.409. The molecule has 3 aromatic rings. The molecule has 7 heteroatoms. The number of nitrogens with zero attached hydrogens (tertiary/aromatic N) is 3. The highest BCUT2D eigenvalue weighted by molar-refractivity contribution is 6.30. The third-order valence-corrected chi connectivity index (χ3v) is 3.74. The summed E-state index contributed by atoms with van der Waals surface area (Å²) in [5.74, 6) is -0.400. The summed E-state index contributed by atoms with van der Waals surface area (Å²) in [6, 6.07) is 20.5. The molecule has 0 aromatic heterocycles. The van der Waals surface area contributed by atoms with Gasteiger partial charge in [-0.2, -0.15) is 15.3 Å². The normalized spacial score (nSPS) is 11.1. The zero-order chi connectivity index (χ0) is 19.1. The highest BCUT2D eigenvalue weighted by atomic mass is 35.5. The Labute approximate surface area is 160 Å². The fourth-order valence-corrected chi connectivity index (χ4v) is 2.36. The van der Waals surface area contributed by atoms with Crippen LogP contribution in [0.25, 0.3) is 0 Å². The molecule has 0 atom stereocenters. The van der Waals surface area contributed by atoms with Crippen LogP contribution < -0.4 is 5.43 Å². The third-order valence-electron chi connectivity index (χ3n) is 3.50. The standard InChI is InChI=1S/C20H15ClN4O2/c21-16-6-4-5-14(11-16)20(27)25-22-13-15-12-18(9-10-19(15)26)24-23-17-7-2-1-3-8-17/h1-13,26H,(H,25,27)/b22-13+,24-23?. The molecule has 0 saturated heterocycles. The number of carbonyl (C=O) groups excluding carboxylic acids is 1. The number of amides is 1.